The van der Waals surface area contributed by atoms with Gasteiger partial charge in [0.1, 0.15) is 0 Å². The van der Waals surface area contributed by atoms with Crippen LogP contribution < -0.4 is 9.64 Å². The van der Waals surface area contributed by atoms with Crippen LogP contribution in [0.15, 0.2) is 12.3 Å². The predicted molar refractivity (Wildman–Crippen MR) is 88.6 cm³/mol. The van der Waals surface area contributed by atoms with Crippen molar-refractivity contribution >= 4 is 11.9 Å². The molecule has 9 nitrogen and oxygen atoms in total. The largest absolute Gasteiger partial charge is 0.481 e. The van der Waals surface area contributed by atoms with Gasteiger partial charge in [0.2, 0.25) is 11.8 Å². The summed E-state index contributed by atoms with van der Waals surface area (Å²) in [6.07, 6.45) is 2.45. The molecule has 1 N–H and O–H groups in total. The molecular weight excluding hydrogens is 324 g/mol. The number of carbonyl (C=O) groups excluding carboxylic acids is 1. The lowest BCUT2D eigenvalue weighted by Gasteiger charge is -2.34. The van der Waals surface area contributed by atoms with E-state index in [1.54, 1.807) is 19.4 Å². The zero-order valence-electron chi connectivity index (χ0n) is 14.1. The second-order valence-corrected chi connectivity index (χ2v) is 6.01. The Balaban J connectivity index is 1.43. The Hall–Kier alpha value is -2.68. The van der Waals surface area contributed by atoms with Gasteiger partial charge in [0.15, 0.2) is 5.69 Å². The van der Waals surface area contributed by atoms with Gasteiger partial charge in [0.05, 0.1) is 20.3 Å². The van der Waals surface area contributed by atoms with Crippen molar-refractivity contribution in [3.63, 3.8) is 0 Å². The van der Waals surface area contributed by atoms with Crippen molar-refractivity contribution in [2.45, 2.75) is 13.0 Å². The molecular formula is C16H20N6O3. The number of aromatic nitrogens is 4. The summed E-state index contributed by atoms with van der Waals surface area (Å²) in [5.74, 6) is 1.11. The first-order chi connectivity index (χ1) is 12.3. The Morgan fingerprint density at radius 2 is 2.16 bits per heavy atom. The van der Waals surface area contributed by atoms with Crippen molar-refractivity contribution in [2.75, 3.05) is 44.8 Å². The van der Waals surface area contributed by atoms with Crippen molar-refractivity contribution in [3.8, 4) is 5.88 Å². The SMILES string of the molecule is COc1ccnc(N2CCN(C(=O)c3n[nH]c4c3COCC4)CC2)n1. The maximum Gasteiger partial charge on any atom is 0.274 e. The fourth-order valence-corrected chi connectivity index (χ4v) is 3.15. The molecule has 0 saturated carbocycles. The Morgan fingerprint density at radius 3 is 2.96 bits per heavy atom. The van der Waals surface area contributed by atoms with E-state index in [9.17, 15) is 4.79 Å². The van der Waals surface area contributed by atoms with Gasteiger partial charge in [-0.2, -0.15) is 10.1 Å². The van der Waals surface area contributed by atoms with Gasteiger partial charge < -0.3 is 19.3 Å². The number of H-pyrrole nitrogens is 1. The van der Waals surface area contributed by atoms with E-state index in [1.165, 1.54) is 0 Å². The third kappa shape index (κ3) is 3.02. The van der Waals surface area contributed by atoms with Gasteiger partial charge in [-0.3, -0.25) is 9.89 Å². The molecule has 25 heavy (non-hydrogen) atoms. The summed E-state index contributed by atoms with van der Waals surface area (Å²) in [6.45, 7) is 3.65. The van der Waals surface area contributed by atoms with Crippen LogP contribution in [0.25, 0.3) is 0 Å². The van der Waals surface area contributed by atoms with Crippen molar-refractivity contribution in [3.05, 3.63) is 29.2 Å². The molecule has 1 saturated heterocycles. The summed E-state index contributed by atoms with van der Waals surface area (Å²) >= 11 is 0. The van der Waals surface area contributed by atoms with Crippen LogP contribution in [0.4, 0.5) is 5.95 Å². The number of aromatic amines is 1. The first-order valence-electron chi connectivity index (χ1n) is 8.31. The second kappa shape index (κ2) is 6.67. The minimum atomic E-state index is -0.0470. The molecule has 4 heterocycles. The molecule has 0 aromatic carbocycles. The highest BCUT2D eigenvalue weighted by molar-refractivity contribution is 5.94. The number of anilines is 1. The van der Waals surface area contributed by atoms with Gasteiger partial charge in [0.25, 0.3) is 5.91 Å². The molecule has 0 aliphatic carbocycles. The highest BCUT2D eigenvalue weighted by atomic mass is 16.5. The summed E-state index contributed by atoms with van der Waals surface area (Å²) < 4.78 is 10.6. The van der Waals surface area contributed by atoms with Gasteiger partial charge in [-0.1, -0.05) is 0 Å². The Kier molecular flexibility index (Phi) is 4.22. The second-order valence-electron chi connectivity index (χ2n) is 6.01. The van der Waals surface area contributed by atoms with Crippen LogP contribution >= 0.6 is 0 Å². The number of ether oxygens (including phenoxy) is 2. The summed E-state index contributed by atoms with van der Waals surface area (Å²) in [7, 11) is 1.58. The predicted octanol–water partition coefficient (Wildman–Crippen LogP) is 0.243. The third-order valence-corrected chi connectivity index (χ3v) is 4.57. The van der Waals surface area contributed by atoms with Gasteiger partial charge in [0, 0.05) is 56.1 Å². The van der Waals surface area contributed by atoms with Gasteiger partial charge >= 0.3 is 0 Å². The summed E-state index contributed by atoms with van der Waals surface area (Å²) in [4.78, 5) is 25.3. The normalized spacial score (nSPS) is 17.3. The molecule has 132 valence electrons. The van der Waals surface area contributed by atoms with E-state index in [2.05, 4.69) is 25.1 Å². The Bertz CT molecular complexity index is 769. The number of nitrogens with one attached hydrogen (secondary N) is 1. The fourth-order valence-electron chi connectivity index (χ4n) is 3.15. The molecule has 0 bridgehead atoms. The molecule has 2 aromatic heterocycles. The number of carbonyl (C=O) groups is 1. The Morgan fingerprint density at radius 1 is 1.32 bits per heavy atom. The molecule has 0 spiro atoms. The molecule has 2 aliphatic heterocycles. The zero-order valence-corrected chi connectivity index (χ0v) is 14.1. The van der Waals surface area contributed by atoms with E-state index < -0.39 is 0 Å². The average molecular weight is 344 g/mol. The number of methoxy groups -OCH3 is 1. The molecule has 2 aliphatic rings. The van der Waals surface area contributed by atoms with Crippen molar-refractivity contribution < 1.29 is 14.3 Å². The molecule has 0 radical (unpaired) electrons. The maximum absolute atomic E-state index is 12.8. The number of nitrogens with zero attached hydrogens (tertiary/aromatic N) is 5. The molecule has 0 atom stereocenters. The van der Waals surface area contributed by atoms with E-state index >= 15 is 0 Å². The van der Waals surface area contributed by atoms with Crippen LogP contribution in [0.1, 0.15) is 21.7 Å². The standard InChI is InChI=1S/C16H20N6O3/c1-24-13-2-4-17-16(18-13)22-7-5-21(6-8-22)15(23)14-11-10-25-9-3-12(11)19-20-14/h2,4H,3,5-10H2,1H3,(H,19,20). The highest BCUT2D eigenvalue weighted by Crippen LogP contribution is 2.21. The lowest BCUT2D eigenvalue weighted by atomic mass is 10.1. The van der Waals surface area contributed by atoms with Crippen LogP contribution in [-0.2, 0) is 17.8 Å². The molecule has 0 unspecified atom stereocenters. The number of fused-ring (bicyclic) bond motifs is 1. The van der Waals surface area contributed by atoms with Gasteiger partial charge in [-0.25, -0.2) is 4.98 Å². The first kappa shape index (κ1) is 15.8. The van der Waals surface area contributed by atoms with Crippen LogP contribution in [-0.4, -0.2) is 70.9 Å². The smallest absolute Gasteiger partial charge is 0.274 e. The van der Waals surface area contributed by atoms with Crippen molar-refractivity contribution in [1.82, 2.24) is 25.1 Å². The average Bonchev–Trinajstić information content (AvgIpc) is 3.12. The van der Waals surface area contributed by atoms with Crippen LogP contribution in [0, 0.1) is 0 Å². The number of amides is 1. The zero-order chi connectivity index (χ0) is 17.2. The molecule has 1 amide bonds. The number of hydrogen-bond donors (Lipinski definition) is 1. The summed E-state index contributed by atoms with van der Waals surface area (Å²) in [5.41, 5.74) is 2.40. The fraction of sp³-hybridized carbons (Fsp3) is 0.500. The maximum atomic E-state index is 12.8. The van der Waals surface area contributed by atoms with Crippen LogP contribution in [0.5, 0.6) is 5.88 Å². The van der Waals surface area contributed by atoms with Gasteiger partial charge in [-0.15, -0.1) is 0 Å². The summed E-state index contributed by atoms with van der Waals surface area (Å²) in [6, 6.07) is 1.71. The number of hydrogen-bond acceptors (Lipinski definition) is 7. The first-order valence-corrected chi connectivity index (χ1v) is 8.31. The quantitative estimate of drug-likeness (QED) is 0.852. The summed E-state index contributed by atoms with van der Waals surface area (Å²) in [5, 5.41) is 7.19. The molecule has 9 heteroatoms. The minimum Gasteiger partial charge on any atom is -0.481 e. The van der Waals surface area contributed by atoms with E-state index in [1.807, 2.05) is 4.90 Å². The van der Waals surface area contributed by atoms with Crippen molar-refractivity contribution in [1.29, 1.82) is 0 Å². The third-order valence-electron chi connectivity index (χ3n) is 4.57. The monoisotopic (exact) mass is 344 g/mol. The number of piperazine rings is 1. The highest BCUT2D eigenvalue weighted by Gasteiger charge is 2.29. The lowest BCUT2D eigenvalue weighted by molar-refractivity contribution is 0.0727. The van der Waals surface area contributed by atoms with Crippen LogP contribution in [0.2, 0.25) is 0 Å². The minimum absolute atomic E-state index is 0.0470. The van der Waals surface area contributed by atoms with E-state index in [0.717, 1.165) is 17.7 Å². The van der Waals surface area contributed by atoms with Gasteiger partial charge in [-0.05, 0) is 0 Å². The van der Waals surface area contributed by atoms with Crippen LogP contribution in [0.3, 0.4) is 0 Å². The van der Waals surface area contributed by atoms with Crippen molar-refractivity contribution in [2.24, 2.45) is 0 Å². The van der Waals surface area contributed by atoms with E-state index in [0.29, 0.717) is 56.9 Å². The molecule has 4 rings (SSSR count). The topological polar surface area (TPSA) is 96.5 Å². The Labute approximate surface area is 145 Å². The molecule has 2 aromatic rings. The van der Waals surface area contributed by atoms with E-state index in [-0.39, 0.29) is 5.91 Å². The number of rotatable bonds is 3. The molecule has 1 fully saturated rings. The lowest BCUT2D eigenvalue weighted by Crippen LogP contribution is -2.49. The van der Waals surface area contributed by atoms with E-state index in [4.69, 9.17) is 9.47 Å².